The molecule has 1 aromatic rings. The monoisotopic (exact) mass is 204 g/mol. The molecular formula is C14H20O. The Morgan fingerprint density at radius 2 is 1.73 bits per heavy atom. The highest BCUT2D eigenvalue weighted by Gasteiger charge is 2.12. The molecule has 0 heterocycles. The fourth-order valence-corrected chi connectivity index (χ4v) is 1.31. The molecule has 1 rings (SSSR count). The summed E-state index contributed by atoms with van der Waals surface area (Å²) >= 11 is 0. The van der Waals surface area contributed by atoms with Gasteiger partial charge in [-0.25, -0.2) is 0 Å². The van der Waals surface area contributed by atoms with Crippen LogP contribution in [-0.2, 0) is 16.8 Å². The van der Waals surface area contributed by atoms with E-state index in [0.717, 1.165) is 5.76 Å². The van der Waals surface area contributed by atoms with Crippen LogP contribution in [0, 0.1) is 0 Å². The molecule has 0 saturated heterocycles. The van der Waals surface area contributed by atoms with Gasteiger partial charge in [0.15, 0.2) is 0 Å². The van der Waals surface area contributed by atoms with Gasteiger partial charge in [-0.1, -0.05) is 51.6 Å². The van der Waals surface area contributed by atoms with Gasteiger partial charge < -0.3 is 4.74 Å². The zero-order valence-corrected chi connectivity index (χ0v) is 10.1. The first kappa shape index (κ1) is 11.8. The molecule has 82 valence electrons. The van der Waals surface area contributed by atoms with Crippen LogP contribution in [0.5, 0.6) is 0 Å². The molecule has 0 amide bonds. The summed E-state index contributed by atoms with van der Waals surface area (Å²) in [5.41, 5.74) is 2.75. The van der Waals surface area contributed by atoms with Crippen LogP contribution in [0.2, 0.25) is 0 Å². The van der Waals surface area contributed by atoms with Crippen molar-refractivity contribution in [2.45, 2.75) is 39.7 Å². The van der Waals surface area contributed by atoms with Crippen LogP contribution in [0.25, 0.3) is 0 Å². The molecule has 0 aromatic heterocycles. The largest absolute Gasteiger partial charge is 0.494 e. The molecule has 0 unspecified atom stereocenters. The van der Waals surface area contributed by atoms with Crippen molar-refractivity contribution in [2.24, 2.45) is 0 Å². The molecule has 0 bridgehead atoms. The van der Waals surface area contributed by atoms with Gasteiger partial charge >= 0.3 is 0 Å². The van der Waals surface area contributed by atoms with Gasteiger partial charge in [0.25, 0.3) is 0 Å². The first-order valence-electron chi connectivity index (χ1n) is 5.27. The first-order chi connectivity index (χ1) is 6.89. The predicted octanol–water partition coefficient (Wildman–Crippen LogP) is 4.03. The predicted molar refractivity (Wildman–Crippen MR) is 64.7 cm³/mol. The second-order valence-electron chi connectivity index (χ2n) is 4.94. The van der Waals surface area contributed by atoms with Gasteiger partial charge in [-0.05, 0) is 23.5 Å². The standard InChI is InChI=1S/C14H20O/c1-11(2)15-10-12-6-8-13(9-7-12)14(3,4)5/h6-9H,1,10H2,2-5H3. The van der Waals surface area contributed by atoms with Crippen LogP contribution >= 0.6 is 0 Å². The average Bonchev–Trinajstić information content (AvgIpc) is 2.14. The average molecular weight is 204 g/mol. The van der Waals surface area contributed by atoms with Gasteiger partial charge in [-0.2, -0.15) is 0 Å². The van der Waals surface area contributed by atoms with Gasteiger partial charge in [0.2, 0.25) is 0 Å². The van der Waals surface area contributed by atoms with Crippen LogP contribution in [0.4, 0.5) is 0 Å². The smallest absolute Gasteiger partial charge is 0.113 e. The third kappa shape index (κ3) is 3.78. The molecule has 0 fully saturated rings. The van der Waals surface area contributed by atoms with Crippen LogP contribution in [0.1, 0.15) is 38.8 Å². The summed E-state index contributed by atoms with van der Waals surface area (Å²) in [4.78, 5) is 0. The Kier molecular flexibility index (Phi) is 3.57. The second kappa shape index (κ2) is 4.52. The van der Waals surface area contributed by atoms with E-state index in [-0.39, 0.29) is 5.41 Å². The summed E-state index contributed by atoms with van der Waals surface area (Å²) in [6.45, 7) is 12.8. The lowest BCUT2D eigenvalue weighted by molar-refractivity contribution is 0.202. The van der Waals surface area contributed by atoms with Crippen molar-refractivity contribution in [1.82, 2.24) is 0 Å². The minimum Gasteiger partial charge on any atom is -0.494 e. The molecule has 0 aliphatic heterocycles. The third-order valence-corrected chi connectivity index (χ3v) is 2.31. The normalized spacial score (nSPS) is 11.2. The van der Waals surface area contributed by atoms with Crippen LogP contribution in [0.15, 0.2) is 36.6 Å². The maximum atomic E-state index is 5.36. The summed E-state index contributed by atoms with van der Waals surface area (Å²) in [5.74, 6) is 0.759. The Bertz CT molecular complexity index is 327. The summed E-state index contributed by atoms with van der Waals surface area (Å²) in [6, 6.07) is 8.56. The van der Waals surface area contributed by atoms with Gasteiger partial charge in [0.05, 0.1) is 5.76 Å². The van der Waals surface area contributed by atoms with Crippen molar-refractivity contribution < 1.29 is 4.74 Å². The fraction of sp³-hybridized carbons (Fsp3) is 0.429. The molecule has 0 N–H and O–H groups in total. The van der Waals surface area contributed by atoms with E-state index in [4.69, 9.17) is 4.74 Å². The Morgan fingerprint density at radius 3 is 2.13 bits per heavy atom. The van der Waals surface area contributed by atoms with Crippen molar-refractivity contribution in [3.8, 4) is 0 Å². The van der Waals surface area contributed by atoms with Crippen LogP contribution in [0.3, 0.4) is 0 Å². The summed E-state index contributed by atoms with van der Waals surface area (Å²) in [5, 5.41) is 0. The molecule has 1 heteroatoms. The third-order valence-electron chi connectivity index (χ3n) is 2.31. The molecule has 0 saturated carbocycles. The van der Waals surface area contributed by atoms with Crippen molar-refractivity contribution >= 4 is 0 Å². The van der Waals surface area contributed by atoms with Gasteiger partial charge in [0.1, 0.15) is 6.61 Å². The van der Waals surface area contributed by atoms with Gasteiger partial charge in [-0.15, -0.1) is 0 Å². The van der Waals surface area contributed by atoms with E-state index in [2.05, 4.69) is 51.6 Å². The Morgan fingerprint density at radius 1 is 1.20 bits per heavy atom. The van der Waals surface area contributed by atoms with E-state index in [1.54, 1.807) is 0 Å². The molecular weight excluding hydrogens is 184 g/mol. The van der Waals surface area contributed by atoms with Crippen molar-refractivity contribution in [3.63, 3.8) is 0 Å². The molecule has 0 aliphatic carbocycles. The molecule has 0 atom stereocenters. The number of rotatable bonds is 3. The van der Waals surface area contributed by atoms with E-state index in [1.807, 2.05) is 6.92 Å². The molecule has 1 aromatic carbocycles. The second-order valence-corrected chi connectivity index (χ2v) is 4.94. The molecule has 0 aliphatic rings. The van der Waals surface area contributed by atoms with Gasteiger partial charge in [-0.3, -0.25) is 0 Å². The number of benzene rings is 1. The highest BCUT2D eigenvalue weighted by Crippen LogP contribution is 2.22. The number of allylic oxidation sites excluding steroid dienone is 1. The van der Waals surface area contributed by atoms with Crippen molar-refractivity contribution in [1.29, 1.82) is 0 Å². The first-order valence-corrected chi connectivity index (χ1v) is 5.27. The van der Waals surface area contributed by atoms with E-state index in [1.165, 1.54) is 11.1 Å². The molecule has 15 heavy (non-hydrogen) atoms. The summed E-state index contributed by atoms with van der Waals surface area (Å²) in [6.07, 6.45) is 0. The number of hydrogen-bond acceptors (Lipinski definition) is 1. The zero-order chi connectivity index (χ0) is 11.5. The van der Waals surface area contributed by atoms with Crippen LogP contribution in [-0.4, -0.2) is 0 Å². The van der Waals surface area contributed by atoms with E-state index in [9.17, 15) is 0 Å². The maximum Gasteiger partial charge on any atom is 0.113 e. The Labute approximate surface area is 92.8 Å². The van der Waals surface area contributed by atoms with E-state index >= 15 is 0 Å². The minimum atomic E-state index is 0.216. The Balaban J connectivity index is 2.69. The van der Waals surface area contributed by atoms with Gasteiger partial charge in [0, 0.05) is 0 Å². The lowest BCUT2D eigenvalue weighted by Gasteiger charge is -2.19. The van der Waals surface area contributed by atoms with E-state index in [0.29, 0.717) is 6.61 Å². The van der Waals surface area contributed by atoms with Crippen molar-refractivity contribution in [3.05, 3.63) is 47.7 Å². The maximum absolute atomic E-state index is 5.36. The molecule has 0 radical (unpaired) electrons. The zero-order valence-electron chi connectivity index (χ0n) is 10.1. The Hall–Kier alpha value is -1.24. The van der Waals surface area contributed by atoms with E-state index < -0.39 is 0 Å². The molecule has 1 nitrogen and oxygen atoms in total. The highest BCUT2D eigenvalue weighted by atomic mass is 16.5. The highest BCUT2D eigenvalue weighted by molar-refractivity contribution is 5.27. The van der Waals surface area contributed by atoms with Crippen molar-refractivity contribution in [2.75, 3.05) is 0 Å². The SMILES string of the molecule is C=C(C)OCc1ccc(C(C)(C)C)cc1. The summed E-state index contributed by atoms with van der Waals surface area (Å²) < 4.78 is 5.36. The quantitative estimate of drug-likeness (QED) is 0.675. The lowest BCUT2D eigenvalue weighted by atomic mass is 9.87. The fourth-order valence-electron chi connectivity index (χ4n) is 1.31. The number of ether oxygens (including phenoxy) is 1. The topological polar surface area (TPSA) is 9.23 Å². The minimum absolute atomic E-state index is 0.216. The number of hydrogen-bond donors (Lipinski definition) is 0. The lowest BCUT2D eigenvalue weighted by Crippen LogP contribution is -2.10. The van der Waals surface area contributed by atoms with Crippen LogP contribution < -0.4 is 0 Å². The summed E-state index contributed by atoms with van der Waals surface area (Å²) in [7, 11) is 0. The molecule has 0 spiro atoms.